The minimum atomic E-state index is -0.270. The van der Waals surface area contributed by atoms with Crippen LogP contribution in [0.2, 0.25) is 0 Å². The summed E-state index contributed by atoms with van der Waals surface area (Å²) in [6, 6.07) is 0. The van der Waals surface area contributed by atoms with Crippen LogP contribution in [-0.2, 0) is 6.54 Å². The van der Waals surface area contributed by atoms with E-state index in [1.807, 2.05) is 20.4 Å². The van der Waals surface area contributed by atoms with Crippen LogP contribution in [0.3, 0.4) is 0 Å². The van der Waals surface area contributed by atoms with Gasteiger partial charge in [0.1, 0.15) is 0 Å². The van der Waals surface area contributed by atoms with E-state index < -0.39 is 0 Å². The number of alkyl halides is 1. The second-order valence-electron chi connectivity index (χ2n) is 3.38. The van der Waals surface area contributed by atoms with E-state index in [2.05, 4.69) is 9.97 Å². The molecular formula is C9H15ClN4OS. The van der Waals surface area contributed by atoms with Crippen molar-refractivity contribution in [3.8, 4) is 0 Å². The number of thioether (sulfide) groups is 1. The van der Waals surface area contributed by atoms with Crippen LogP contribution in [0.1, 0.15) is 6.42 Å². The molecule has 0 aromatic carbocycles. The summed E-state index contributed by atoms with van der Waals surface area (Å²) in [5.74, 6) is 0.965. The summed E-state index contributed by atoms with van der Waals surface area (Å²) >= 11 is 7.04. The zero-order valence-corrected chi connectivity index (χ0v) is 11.2. The summed E-state index contributed by atoms with van der Waals surface area (Å²) in [6.45, 7) is 0.562. The highest BCUT2D eigenvalue weighted by molar-refractivity contribution is 7.98. The van der Waals surface area contributed by atoms with E-state index in [1.165, 1.54) is 11.8 Å². The number of anilines is 1. The van der Waals surface area contributed by atoms with E-state index in [0.29, 0.717) is 23.5 Å². The van der Waals surface area contributed by atoms with Gasteiger partial charge in [-0.05, 0) is 12.7 Å². The van der Waals surface area contributed by atoms with E-state index in [-0.39, 0.29) is 5.69 Å². The summed E-state index contributed by atoms with van der Waals surface area (Å²) in [7, 11) is 3.62. The number of hydrogen-bond donors (Lipinski definition) is 0. The molecule has 0 saturated carbocycles. The van der Waals surface area contributed by atoms with E-state index in [0.717, 1.165) is 6.42 Å². The Morgan fingerprint density at radius 1 is 1.44 bits per heavy atom. The predicted octanol–water partition coefficient (Wildman–Crippen LogP) is 1.06. The molecule has 0 atom stereocenters. The van der Waals surface area contributed by atoms with E-state index in [4.69, 9.17) is 11.6 Å². The van der Waals surface area contributed by atoms with Crippen LogP contribution in [0, 0.1) is 0 Å². The zero-order valence-electron chi connectivity index (χ0n) is 9.60. The van der Waals surface area contributed by atoms with E-state index in [1.54, 1.807) is 9.47 Å². The molecule has 0 saturated heterocycles. The molecule has 0 radical (unpaired) electrons. The summed E-state index contributed by atoms with van der Waals surface area (Å²) < 4.78 is 1.56. The Bertz CT molecular complexity index is 407. The lowest BCUT2D eigenvalue weighted by molar-refractivity contribution is 0.556. The molecule has 0 amide bonds. The van der Waals surface area contributed by atoms with Crippen LogP contribution in [0.4, 0.5) is 5.95 Å². The molecule has 0 aliphatic carbocycles. The molecule has 1 aromatic rings. The normalized spacial score (nSPS) is 10.5. The fourth-order valence-corrected chi connectivity index (χ4v) is 1.85. The van der Waals surface area contributed by atoms with E-state index in [9.17, 15) is 4.79 Å². The van der Waals surface area contributed by atoms with Crippen LogP contribution >= 0.6 is 23.4 Å². The fourth-order valence-electron chi connectivity index (χ4n) is 1.16. The fraction of sp³-hybridized carbons (Fsp3) is 0.667. The Morgan fingerprint density at radius 2 is 2.12 bits per heavy atom. The van der Waals surface area contributed by atoms with Gasteiger partial charge < -0.3 is 4.90 Å². The van der Waals surface area contributed by atoms with Gasteiger partial charge in [0.15, 0.2) is 5.16 Å². The van der Waals surface area contributed by atoms with Crippen LogP contribution in [0.5, 0.6) is 0 Å². The van der Waals surface area contributed by atoms with Crippen molar-refractivity contribution in [3.05, 3.63) is 10.5 Å². The molecule has 0 unspecified atom stereocenters. The lowest BCUT2D eigenvalue weighted by atomic mass is 10.5. The highest BCUT2D eigenvalue weighted by atomic mass is 35.5. The van der Waals surface area contributed by atoms with Gasteiger partial charge in [0.2, 0.25) is 5.95 Å². The van der Waals surface area contributed by atoms with E-state index >= 15 is 0 Å². The number of hydrogen-bond acceptors (Lipinski definition) is 5. The molecule has 1 rings (SSSR count). The first-order valence-corrected chi connectivity index (χ1v) is 6.62. The molecule has 0 bridgehead atoms. The van der Waals surface area contributed by atoms with Crippen molar-refractivity contribution in [2.45, 2.75) is 18.1 Å². The first-order valence-electron chi connectivity index (χ1n) is 4.86. The molecule has 5 nitrogen and oxygen atoms in total. The second kappa shape index (κ2) is 6.10. The molecule has 90 valence electrons. The zero-order chi connectivity index (χ0) is 12.1. The second-order valence-corrected chi connectivity index (χ2v) is 4.53. The molecule has 0 N–H and O–H groups in total. The third-order valence-corrected chi connectivity index (χ3v) is 2.90. The lowest BCUT2D eigenvalue weighted by Gasteiger charge is -2.13. The molecule has 0 spiro atoms. The SMILES string of the molecule is CSc1nc(N(C)C)nc(=O)n1CCCCl. The smallest absolute Gasteiger partial charge is 0.347 e. The maximum Gasteiger partial charge on any atom is 0.352 e. The average molecular weight is 263 g/mol. The van der Waals surface area contributed by atoms with Gasteiger partial charge in [-0.2, -0.15) is 9.97 Å². The lowest BCUT2D eigenvalue weighted by Crippen LogP contribution is -2.29. The van der Waals surface area contributed by atoms with Gasteiger partial charge in [0.05, 0.1) is 0 Å². The van der Waals surface area contributed by atoms with Crippen molar-refractivity contribution in [1.82, 2.24) is 14.5 Å². The Morgan fingerprint density at radius 3 is 2.62 bits per heavy atom. The van der Waals surface area contributed by atoms with Crippen molar-refractivity contribution in [2.75, 3.05) is 31.1 Å². The van der Waals surface area contributed by atoms with Gasteiger partial charge >= 0.3 is 5.69 Å². The highest BCUT2D eigenvalue weighted by Gasteiger charge is 2.09. The maximum atomic E-state index is 11.8. The number of nitrogens with zero attached hydrogens (tertiary/aromatic N) is 4. The van der Waals surface area contributed by atoms with Gasteiger partial charge in [-0.1, -0.05) is 11.8 Å². The molecule has 16 heavy (non-hydrogen) atoms. The quantitative estimate of drug-likeness (QED) is 0.587. The molecule has 1 heterocycles. The minimum absolute atomic E-state index is 0.270. The highest BCUT2D eigenvalue weighted by Crippen LogP contribution is 2.12. The van der Waals surface area contributed by atoms with Crippen LogP contribution in [0.15, 0.2) is 9.95 Å². The summed E-state index contributed by atoms with van der Waals surface area (Å²) in [6.07, 6.45) is 2.62. The van der Waals surface area contributed by atoms with Gasteiger partial charge in [-0.25, -0.2) is 4.79 Å². The Balaban J connectivity index is 3.13. The first kappa shape index (κ1) is 13.3. The summed E-state index contributed by atoms with van der Waals surface area (Å²) in [5, 5.41) is 0.675. The Kier molecular flexibility index (Phi) is 5.08. The molecular weight excluding hydrogens is 248 g/mol. The Hall–Kier alpha value is -0.750. The van der Waals surface area contributed by atoms with Gasteiger partial charge in [0.25, 0.3) is 0 Å². The standard InChI is InChI=1S/C9H15ClN4OS/c1-13(2)7-11-8(15)14(6-4-5-10)9(12-7)16-3/h4-6H2,1-3H3. The first-order chi connectivity index (χ1) is 7.60. The van der Waals surface area contributed by atoms with Crippen LogP contribution in [-0.4, -0.2) is 40.8 Å². The van der Waals surface area contributed by atoms with Gasteiger partial charge in [-0.3, -0.25) is 4.57 Å². The van der Waals surface area contributed by atoms with Gasteiger partial charge in [0, 0.05) is 26.5 Å². The van der Waals surface area contributed by atoms with Crippen LogP contribution < -0.4 is 10.6 Å². The van der Waals surface area contributed by atoms with Crippen molar-refractivity contribution in [1.29, 1.82) is 0 Å². The van der Waals surface area contributed by atoms with Crippen molar-refractivity contribution < 1.29 is 0 Å². The number of aromatic nitrogens is 3. The van der Waals surface area contributed by atoms with Crippen molar-refractivity contribution >= 4 is 29.3 Å². The summed E-state index contributed by atoms with van der Waals surface area (Å²) in [4.78, 5) is 21.7. The minimum Gasteiger partial charge on any atom is -0.347 e. The third-order valence-electron chi connectivity index (χ3n) is 1.95. The van der Waals surface area contributed by atoms with Gasteiger partial charge in [-0.15, -0.1) is 11.6 Å². The number of halogens is 1. The molecule has 0 aliphatic heterocycles. The molecule has 1 aromatic heterocycles. The molecule has 0 aliphatic rings. The predicted molar refractivity (Wildman–Crippen MR) is 67.7 cm³/mol. The largest absolute Gasteiger partial charge is 0.352 e. The van der Waals surface area contributed by atoms with Crippen molar-refractivity contribution in [2.24, 2.45) is 0 Å². The number of rotatable bonds is 5. The average Bonchev–Trinajstić information content (AvgIpc) is 2.26. The topological polar surface area (TPSA) is 51.0 Å². The third kappa shape index (κ3) is 3.12. The molecule has 0 fully saturated rings. The Labute approximate surface area is 104 Å². The molecule has 7 heteroatoms. The van der Waals surface area contributed by atoms with Crippen molar-refractivity contribution in [3.63, 3.8) is 0 Å². The maximum absolute atomic E-state index is 11.8. The van der Waals surface area contributed by atoms with Crippen LogP contribution in [0.25, 0.3) is 0 Å². The monoisotopic (exact) mass is 262 g/mol. The summed E-state index contributed by atoms with van der Waals surface area (Å²) in [5.41, 5.74) is -0.270.